The quantitative estimate of drug-likeness (QED) is 0.401. The molecule has 1 aromatic heterocycles. The molecule has 1 aliphatic rings. The largest absolute Gasteiger partial charge is 0.488 e. The summed E-state index contributed by atoms with van der Waals surface area (Å²) in [6, 6.07) is 16.4. The molecule has 1 atom stereocenters. The predicted molar refractivity (Wildman–Crippen MR) is 108 cm³/mol. The van der Waals surface area contributed by atoms with E-state index in [9.17, 15) is 0 Å². The smallest absolute Gasteiger partial charge is 0.191 e. The minimum atomic E-state index is 0.151. The number of imidazole rings is 1. The number of aromatic nitrogens is 2. The summed E-state index contributed by atoms with van der Waals surface area (Å²) < 4.78 is 8.15. The third-order valence-electron chi connectivity index (χ3n) is 4.83. The molecule has 0 fully saturated rings. The molecule has 2 aromatic carbocycles. The molecule has 2 heterocycles. The average molecular weight is 363 g/mol. The first-order valence-electron chi connectivity index (χ1n) is 9.42. The molecule has 0 bridgehead atoms. The van der Waals surface area contributed by atoms with Crippen LogP contribution in [0.5, 0.6) is 5.75 Å². The summed E-state index contributed by atoms with van der Waals surface area (Å²) in [7, 11) is 1.79. The Morgan fingerprint density at radius 1 is 1.19 bits per heavy atom. The Bertz CT molecular complexity index is 908. The summed E-state index contributed by atoms with van der Waals surface area (Å²) in [4.78, 5) is 8.73. The first-order valence-corrected chi connectivity index (χ1v) is 9.42. The maximum atomic E-state index is 5.96. The van der Waals surface area contributed by atoms with Crippen molar-refractivity contribution in [3.8, 4) is 5.75 Å². The van der Waals surface area contributed by atoms with Gasteiger partial charge in [0.2, 0.25) is 0 Å². The summed E-state index contributed by atoms with van der Waals surface area (Å²) in [6.45, 7) is 2.50. The van der Waals surface area contributed by atoms with Gasteiger partial charge in [0.15, 0.2) is 5.96 Å². The molecule has 27 heavy (non-hydrogen) atoms. The molecule has 0 amide bonds. The number of hydrogen-bond acceptors (Lipinski definition) is 3. The maximum Gasteiger partial charge on any atom is 0.191 e. The van der Waals surface area contributed by atoms with Gasteiger partial charge in [-0.25, -0.2) is 4.98 Å². The van der Waals surface area contributed by atoms with Gasteiger partial charge in [0, 0.05) is 26.6 Å². The molecule has 140 valence electrons. The van der Waals surface area contributed by atoms with Gasteiger partial charge < -0.3 is 19.9 Å². The van der Waals surface area contributed by atoms with Crippen molar-refractivity contribution in [3.05, 3.63) is 60.4 Å². The number of ether oxygens (including phenoxy) is 1. The van der Waals surface area contributed by atoms with Crippen molar-refractivity contribution >= 4 is 17.0 Å². The highest BCUT2D eigenvalue weighted by Crippen LogP contribution is 2.27. The molecular formula is C21H25N5O. The zero-order valence-electron chi connectivity index (χ0n) is 15.6. The van der Waals surface area contributed by atoms with Gasteiger partial charge >= 0.3 is 0 Å². The second-order valence-corrected chi connectivity index (χ2v) is 6.71. The Labute approximate surface area is 159 Å². The molecule has 6 nitrogen and oxygen atoms in total. The second-order valence-electron chi connectivity index (χ2n) is 6.71. The van der Waals surface area contributed by atoms with Crippen molar-refractivity contribution in [3.63, 3.8) is 0 Å². The highest BCUT2D eigenvalue weighted by Gasteiger charge is 2.22. The van der Waals surface area contributed by atoms with Crippen LogP contribution in [0.1, 0.15) is 12.0 Å². The molecule has 6 heteroatoms. The number of para-hydroxylation sites is 3. The van der Waals surface area contributed by atoms with Crippen LogP contribution < -0.4 is 15.4 Å². The molecular weight excluding hydrogens is 338 g/mol. The van der Waals surface area contributed by atoms with E-state index >= 15 is 0 Å². The Kier molecular flexibility index (Phi) is 5.23. The number of fused-ring (bicyclic) bond motifs is 2. The monoisotopic (exact) mass is 363 g/mol. The van der Waals surface area contributed by atoms with Crippen LogP contribution in [0, 0.1) is 0 Å². The number of aryl methyl sites for hydroxylation is 1. The van der Waals surface area contributed by atoms with Crippen molar-refractivity contribution in [2.24, 2.45) is 4.99 Å². The van der Waals surface area contributed by atoms with Gasteiger partial charge in [0.1, 0.15) is 11.9 Å². The van der Waals surface area contributed by atoms with E-state index in [2.05, 4.69) is 43.4 Å². The lowest BCUT2D eigenvalue weighted by Crippen LogP contribution is -2.42. The Morgan fingerprint density at radius 3 is 2.93 bits per heavy atom. The van der Waals surface area contributed by atoms with Crippen LogP contribution in [0.2, 0.25) is 0 Å². The first kappa shape index (κ1) is 17.4. The summed E-state index contributed by atoms with van der Waals surface area (Å²) in [6.07, 6.45) is 3.99. The normalized spacial score (nSPS) is 16.2. The number of nitrogens with zero attached hydrogens (tertiary/aromatic N) is 3. The number of hydrogen-bond donors (Lipinski definition) is 2. The Balaban J connectivity index is 1.20. The maximum absolute atomic E-state index is 5.96. The van der Waals surface area contributed by atoms with Crippen molar-refractivity contribution in [2.75, 3.05) is 20.1 Å². The topological polar surface area (TPSA) is 63.5 Å². The van der Waals surface area contributed by atoms with E-state index in [4.69, 9.17) is 4.74 Å². The van der Waals surface area contributed by atoms with E-state index in [-0.39, 0.29) is 6.10 Å². The van der Waals surface area contributed by atoms with Crippen molar-refractivity contribution in [1.82, 2.24) is 20.2 Å². The lowest BCUT2D eigenvalue weighted by Gasteiger charge is -2.15. The van der Waals surface area contributed by atoms with E-state index in [1.807, 2.05) is 36.7 Å². The fraction of sp³-hybridized carbons (Fsp3) is 0.333. The lowest BCUT2D eigenvalue weighted by molar-refractivity contribution is 0.235. The SMILES string of the molecule is CN=C(NCCCn1cnc2ccccc21)NCC1Cc2ccccc2O1. The summed E-state index contributed by atoms with van der Waals surface area (Å²) in [5.74, 6) is 1.81. The number of nitrogens with one attached hydrogen (secondary N) is 2. The fourth-order valence-corrected chi connectivity index (χ4v) is 3.44. The highest BCUT2D eigenvalue weighted by atomic mass is 16.5. The minimum absolute atomic E-state index is 0.151. The van der Waals surface area contributed by atoms with Gasteiger partial charge in [-0.05, 0) is 30.2 Å². The predicted octanol–water partition coefficient (Wildman–Crippen LogP) is 2.60. The van der Waals surface area contributed by atoms with E-state index in [0.717, 1.165) is 49.7 Å². The third kappa shape index (κ3) is 4.05. The standard InChI is InChI=1S/C21H25N5O/c1-22-21(24-14-17-13-16-7-2-5-10-20(16)27-17)23-11-6-12-26-15-25-18-8-3-4-9-19(18)26/h2-5,7-10,15,17H,6,11-14H2,1H3,(H2,22,23,24). The number of aliphatic imine (C=N–C) groups is 1. The van der Waals surface area contributed by atoms with E-state index in [1.54, 1.807) is 7.05 Å². The van der Waals surface area contributed by atoms with Crippen LogP contribution in [0.4, 0.5) is 0 Å². The number of benzene rings is 2. The molecule has 0 aliphatic carbocycles. The van der Waals surface area contributed by atoms with Gasteiger partial charge in [0.25, 0.3) is 0 Å². The molecule has 0 spiro atoms. The zero-order chi connectivity index (χ0) is 18.5. The van der Waals surface area contributed by atoms with Gasteiger partial charge in [-0.3, -0.25) is 4.99 Å². The van der Waals surface area contributed by atoms with Gasteiger partial charge in [-0.15, -0.1) is 0 Å². The zero-order valence-corrected chi connectivity index (χ0v) is 15.6. The van der Waals surface area contributed by atoms with E-state index < -0.39 is 0 Å². The fourth-order valence-electron chi connectivity index (χ4n) is 3.44. The van der Waals surface area contributed by atoms with Crippen LogP contribution in [-0.4, -0.2) is 41.8 Å². The summed E-state index contributed by atoms with van der Waals surface area (Å²) in [5.41, 5.74) is 3.50. The highest BCUT2D eigenvalue weighted by molar-refractivity contribution is 5.79. The summed E-state index contributed by atoms with van der Waals surface area (Å²) in [5, 5.41) is 6.74. The number of guanidine groups is 1. The van der Waals surface area contributed by atoms with Crippen LogP contribution in [0.25, 0.3) is 11.0 Å². The van der Waals surface area contributed by atoms with E-state index in [0.29, 0.717) is 0 Å². The minimum Gasteiger partial charge on any atom is -0.488 e. The second kappa shape index (κ2) is 8.12. The number of rotatable bonds is 6. The Morgan fingerprint density at radius 2 is 2.04 bits per heavy atom. The molecule has 1 unspecified atom stereocenters. The lowest BCUT2D eigenvalue weighted by atomic mass is 10.1. The van der Waals surface area contributed by atoms with Crippen molar-refractivity contribution < 1.29 is 4.74 Å². The molecule has 4 rings (SSSR count). The van der Waals surface area contributed by atoms with Crippen molar-refractivity contribution in [1.29, 1.82) is 0 Å². The third-order valence-corrected chi connectivity index (χ3v) is 4.83. The van der Waals surface area contributed by atoms with E-state index in [1.165, 1.54) is 11.1 Å². The van der Waals surface area contributed by atoms with Crippen LogP contribution >= 0.6 is 0 Å². The molecule has 1 aliphatic heterocycles. The molecule has 0 saturated heterocycles. The molecule has 0 saturated carbocycles. The molecule has 3 aromatic rings. The van der Waals surface area contributed by atoms with Crippen LogP contribution in [-0.2, 0) is 13.0 Å². The first-order chi connectivity index (χ1) is 13.3. The Hall–Kier alpha value is -3.02. The van der Waals surface area contributed by atoms with Gasteiger partial charge in [-0.2, -0.15) is 0 Å². The van der Waals surface area contributed by atoms with Gasteiger partial charge in [0.05, 0.1) is 23.9 Å². The van der Waals surface area contributed by atoms with Crippen LogP contribution in [0.3, 0.4) is 0 Å². The summed E-state index contributed by atoms with van der Waals surface area (Å²) >= 11 is 0. The van der Waals surface area contributed by atoms with Crippen molar-refractivity contribution in [2.45, 2.75) is 25.5 Å². The van der Waals surface area contributed by atoms with Gasteiger partial charge in [-0.1, -0.05) is 30.3 Å². The molecule has 2 N–H and O–H groups in total. The van der Waals surface area contributed by atoms with Crippen LogP contribution in [0.15, 0.2) is 59.9 Å². The average Bonchev–Trinajstić information content (AvgIpc) is 3.31. The molecule has 0 radical (unpaired) electrons.